The van der Waals surface area contributed by atoms with Gasteiger partial charge in [-0.25, -0.2) is 14.4 Å². The Hall–Kier alpha value is -1.65. The molecular formula is C20H26ClFIN5O. The zero-order valence-electron chi connectivity index (χ0n) is 16.2. The molecule has 29 heavy (non-hydrogen) atoms. The largest absolute Gasteiger partial charge is 0.392 e. The topological polar surface area (TPSA) is 72.8 Å². The normalized spacial score (nSPS) is 16.5. The summed E-state index contributed by atoms with van der Waals surface area (Å²) in [5, 5.41) is 16.6. The van der Waals surface area contributed by atoms with Gasteiger partial charge in [0.05, 0.1) is 18.2 Å². The molecule has 1 fully saturated rings. The fourth-order valence-electron chi connectivity index (χ4n) is 3.21. The third kappa shape index (κ3) is 6.42. The highest BCUT2D eigenvalue weighted by molar-refractivity contribution is 14.0. The Bertz CT molecular complexity index is 838. The molecule has 0 radical (unpaired) electrons. The Morgan fingerprint density at radius 2 is 2.24 bits per heavy atom. The summed E-state index contributed by atoms with van der Waals surface area (Å²) in [5.41, 5.74) is 1.13. The monoisotopic (exact) mass is 533 g/mol. The summed E-state index contributed by atoms with van der Waals surface area (Å²) in [7, 11) is 0. The number of aliphatic imine (C=N–C) groups is 1. The van der Waals surface area contributed by atoms with E-state index in [-0.39, 0.29) is 42.2 Å². The van der Waals surface area contributed by atoms with Crippen LogP contribution in [0.3, 0.4) is 0 Å². The summed E-state index contributed by atoms with van der Waals surface area (Å²) in [6.45, 7) is 4.46. The number of hydrogen-bond donors (Lipinski definition) is 3. The van der Waals surface area contributed by atoms with E-state index in [9.17, 15) is 9.50 Å². The van der Waals surface area contributed by atoms with Gasteiger partial charge in [0.1, 0.15) is 11.6 Å². The number of aliphatic hydroxyl groups excluding tert-OH is 1. The van der Waals surface area contributed by atoms with Crippen molar-refractivity contribution in [1.82, 2.24) is 15.6 Å². The molecule has 0 aliphatic carbocycles. The van der Waals surface area contributed by atoms with Gasteiger partial charge in [0.25, 0.3) is 0 Å². The van der Waals surface area contributed by atoms with Crippen molar-refractivity contribution in [1.29, 1.82) is 0 Å². The van der Waals surface area contributed by atoms with Gasteiger partial charge in [-0.15, -0.1) is 24.0 Å². The standard InChI is InChI=1S/C20H25ClFN5O.HI/c1-2-23-20(25-11-14-5-6-18(22)15(10-14)13-28)26-16-7-9-27(12-16)19-17(21)4-3-8-24-19;/h3-6,8,10,16,28H,2,7,9,11-13H2,1H3,(H2,23,25,26);1H. The minimum atomic E-state index is -0.403. The van der Waals surface area contributed by atoms with Crippen molar-refractivity contribution in [2.75, 3.05) is 24.5 Å². The van der Waals surface area contributed by atoms with Crippen LogP contribution in [-0.4, -0.2) is 41.7 Å². The predicted octanol–water partition coefficient (Wildman–Crippen LogP) is 3.32. The lowest BCUT2D eigenvalue weighted by Gasteiger charge is -2.20. The molecule has 6 nitrogen and oxygen atoms in total. The van der Waals surface area contributed by atoms with Gasteiger partial charge in [0.15, 0.2) is 5.96 Å². The van der Waals surface area contributed by atoms with Crippen LogP contribution >= 0.6 is 35.6 Å². The highest BCUT2D eigenvalue weighted by Gasteiger charge is 2.25. The molecular weight excluding hydrogens is 508 g/mol. The second-order valence-corrected chi connectivity index (χ2v) is 7.07. The van der Waals surface area contributed by atoms with Crippen molar-refractivity contribution >= 4 is 47.4 Å². The summed E-state index contributed by atoms with van der Waals surface area (Å²) in [4.78, 5) is 11.1. The summed E-state index contributed by atoms with van der Waals surface area (Å²) in [6.07, 6.45) is 2.69. The molecule has 1 aliphatic rings. The number of pyridine rings is 1. The molecule has 9 heteroatoms. The van der Waals surface area contributed by atoms with Gasteiger partial charge in [-0.1, -0.05) is 17.7 Å². The maximum Gasteiger partial charge on any atom is 0.191 e. The van der Waals surface area contributed by atoms with E-state index in [1.165, 1.54) is 6.07 Å². The number of guanidine groups is 1. The Kier molecular flexibility index (Phi) is 9.38. The van der Waals surface area contributed by atoms with Crippen LogP contribution in [0.25, 0.3) is 0 Å². The van der Waals surface area contributed by atoms with Gasteiger partial charge in [0.2, 0.25) is 0 Å². The van der Waals surface area contributed by atoms with Crippen molar-refractivity contribution in [3.05, 3.63) is 58.5 Å². The third-order valence-corrected chi connectivity index (χ3v) is 4.91. The van der Waals surface area contributed by atoms with Crippen LogP contribution in [0.4, 0.5) is 10.2 Å². The van der Waals surface area contributed by atoms with E-state index in [0.717, 1.165) is 37.4 Å². The number of benzene rings is 1. The molecule has 0 bridgehead atoms. The Morgan fingerprint density at radius 3 is 2.97 bits per heavy atom. The molecule has 3 rings (SSSR count). The molecule has 0 spiro atoms. The Morgan fingerprint density at radius 1 is 1.41 bits per heavy atom. The van der Waals surface area contributed by atoms with Crippen LogP contribution in [0.1, 0.15) is 24.5 Å². The van der Waals surface area contributed by atoms with Crippen LogP contribution in [0.2, 0.25) is 5.02 Å². The summed E-state index contributed by atoms with van der Waals surface area (Å²) in [5.74, 6) is 1.11. The first-order valence-corrected chi connectivity index (χ1v) is 9.77. The van der Waals surface area contributed by atoms with E-state index in [2.05, 4.69) is 25.5 Å². The summed E-state index contributed by atoms with van der Waals surface area (Å²) < 4.78 is 13.5. The highest BCUT2D eigenvalue weighted by atomic mass is 127. The van der Waals surface area contributed by atoms with Crippen molar-refractivity contribution in [3.63, 3.8) is 0 Å². The molecule has 2 aromatic rings. The average molecular weight is 534 g/mol. The molecule has 1 saturated heterocycles. The number of rotatable bonds is 6. The zero-order chi connectivity index (χ0) is 19.9. The SMILES string of the molecule is CCNC(=NCc1ccc(F)c(CO)c1)NC1CCN(c2ncccc2Cl)C1.I. The maximum atomic E-state index is 13.5. The van der Waals surface area contributed by atoms with Crippen molar-refractivity contribution in [3.8, 4) is 0 Å². The van der Waals surface area contributed by atoms with E-state index in [0.29, 0.717) is 17.5 Å². The van der Waals surface area contributed by atoms with E-state index < -0.39 is 5.82 Å². The molecule has 1 unspecified atom stereocenters. The van der Waals surface area contributed by atoms with Crippen LogP contribution in [0.5, 0.6) is 0 Å². The molecule has 2 heterocycles. The first-order valence-electron chi connectivity index (χ1n) is 9.39. The number of aromatic nitrogens is 1. The molecule has 1 aromatic carbocycles. The lowest BCUT2D eigenvalue weighted by Crippen LogP contribution is -2.44. The number of nitrogens with zero attached hydrogens (tertiary/aromatic N) is 3. The fraction of sp³-hybridized carbons (Fsp3) is 0.400. The first-order chi connectivity index (χ1) is 13.6. The van der Waals surface area contributed by atoms with Gasteiger partial charge in [-0.2, -0.15) is 0 Å². The molecule has 3 N–H and O–H groups in total. The van der Waals surface area contributed by atoms with Crippen LogP contribution in [0.15, 0.2) is 41.5 Å². The van der Waals surface area contributed by atoms with Crippen molar-refractivity contribution in [2.24, 2.45) is 4.99 Å². The van der Waals surface area contributed by atoms with Crippen LogP contribution < -0.4 is 15.5 Å². The number of halogens is 3. The van der Waals surface area contributed by atoms with Crippen LogP contribution in [0, 0.1) is 5.82 Å². The second-order valence-electron chi connectivity index (χ2n) is 6.66. The molecule has 1 aliphatic heterocycles. The predicted molar refractivity (Wildman–Crippen MR) is 126 cm³/mol. The van der Waals surface area contributed by atoms with Crippen molar-refractivity contribution in [2.45, 2.75) is 32.5 Å². The minimum absolute atomic E-state index is 0. The van der Waals surface area contributed by atoms with E-state index in [4.69, 9.17) is 11.6 Å². The van der Waals surface area contributed by atoms with Gasteiger partial charge < -0.3 is 20.6 Å². The zero-order valence-corrected chi connectivity index (χ0v) is 19.3. The third-order valence-electron chi connectivity index (χ3n) is 4.61. The van der Waals surface area contributed by atoms with Gasteiger partial charge >= 0.3 is 0 Å². The average Bonchev–Trinajstić information content (AvgIpc) is 3.16. The molecule has 1 aromatic heterocycles. The smallest absolute Gasteiger partial charge is 0.191 e. The summed E-state index contributed by atoms with van der Waals surface area (Å²) >= 11 is 6.26. The fourth-order valence-corrected chi connectivity index (χ4v) is 3.45. The Balaban J connectivity index is 0.00000300. The Labute approximate surface area is 192 Å². The van der Waals surface area contributed by atoms with E-state index in [1.807, 2.05) is 19.1 Å². The minimum Gasteiger partial charge on any atom is -0.392 e. The quantitative estimate of drug-likeness (QED) is 0.302. The lowest BCUT2D eigenvalue weighted by molar-refractivity contribution is 0.275. The van der Waals surface area contributed by atoms with E-state index >= 15 is 0 Å². The second kappa shape index (κ2) is 11.5. The number of nitrogens with one attached hydrogen (secondary N) is 2. The molecule has 1 atom stereocenters. The highest BCUT2D eigenvalue weighted by Crippen LogP contribution is 2.25. The van der Waals surface area contributed by atoms with Gasteiger partial charge in [-0.3, -0.25) is 0 Å². The van der Waals surface area contributed by atoms with Gasteiger partial charge in [0, 0.05) is 37.4 Å². The van der Waals surface area contributed by atoms with Crippen LogP contribution in [-0.2, 0) is 13.2 Å². The number of anilines is 1. The first kappa shape index (κ1) is 23.6. The molecule has 158 valence electrons. The van der Waals surface area contributed by atoms with Gasteiger partial charge in [-0.05, 0) is 43.2 Å². The summed E-state index contributed by atoms with van der Waals surface area (Å²) in [6, 6.07) is 8.58. The molecule has 0 saturated carbocycles. The van der Waals surface area contributed by atoms with Crippen molar-refractivity contribution < 1.29 is 9.50 Å². The lowest BCUT2D eigenvalue weighted by atomic mass is 10.1. The maximum absolute atomic E-state index is 13.5. The number of aliphatic hydroxyl groups is 1. The number of hydrogen-bond acceptors (Lipinski definition) is 4. The van der Waals surface area contributed by atoms with E-state index in [1.54, 1.807) is 18.3 Å². The molecule has 0 amide bonds.